The molecule has 0 radical (unpaired) electrons. The number of aromatic nitrogens is 1. The lowest BCUT2D eigenvalue weighted by molar-refractivity contribution is 0.599. The molecule has 1 fully saturated rings. The molecular weight excluding hydrogens is 312 g/mol. The minimum absolute atomic E-state index is 0.0730. The molecule has 1 aromatic heterocycles. The number of nitrogens with one attached hydrogen (secondary N) is 2. The van der Waals surface area contributed by atoms with Gasteiger partial charge in [-0.3, -0.25) is 0 Å². The molecule has 0 saturated carbocycles. The fourth-order valence-electron chi connectivity index (χ4n) is 2.09. The molecule has 21 heavy (non-hydrogen) atoms. The lowest BCUT2D eigenvalue weighted by Crippen LogP contribution is -2.44. The molecule has 2 heterocycles. The van der Waals surface area contributed by atoms with Gasteiger partial charge in [0.25, 0.3) is 0 Å². The van der Waals surface area contributed by atoms with Crippen molar-refractivity contribution in [3.8, 4) is 0 Å². The van der Waals surface area contributed by atoms with E-state index in [1.165, 1.54) is 0 Å². The molecule has 1 saturated heterocycles. The van der Waals surface area contributed by atoms with Gasteiger partial charge in [-0.2, -0.15) is 0 Å². The number of sulfone groups is 1. The van der Waals surface area contributed by atoms with E-state index in [1.807, 2.05) is 13.0 Å². The summed E-state index contributed by atoms with van der Waals surface area (Å²) in [6, 6.07) is 3.51. The monoisotopic (exact) mass is 330 g/mol. The largest absolute Gasteiger partial charge is 0.357 e. The molecule has 2 rings (SSSR count). The first-order chi connectivity index (χ1) is 9.98. The van der Waals surface area contributed by atoms with Crippen molar-refractivity contribution in [2.24, 2.45) is 4.99 Å². The fourth-order valence-corrected chi connectivity index (χ4v) is 3.88. The highest BCUT2D eigenvalue weighted by Crippen LogP contribution is 2.11. The van der Waals surface area contributed by atoms with Gasteiger partial charge in [0.05, 0.1) is 18.1 Å². The van der Waals surface area contributed by atoms with Gasteiger partial charge in [-0.05, 0) is 25.0 Å². The quantitative estimate of drug-likeness (QED) is 0.488. The van der Waals surface area contributed by atoms with E-state index < -0.39 is 9.84 Å². The molecule has 6 nitrogen and oxygen atoms in total. The Balaban J connectivity index is 1.97. The van der Waals surface area contributed by atoms with Crippen molar-refractivity contribution in [2.75, 3.05) is 18.1 Å². The average molecular weight is 331 g/mol. The lowest BCUT2D eigenvalue weighted by atomic mass is 10.3. The SMILES string of the molecule is CCNC(=NCc1ccc(Cl)nc1)NC1CCS(=O)(=O)C1. The maximum Gasteiger partial charge on any atom is 0.191 e. The summed E-state index contributed by atoms with van der Waals surface area (Å²) in [5.74, 6) is 1.03. The molecule has 2 N–H and O–H groups in total. The van der Waals surface area contributed by atoms with Crippen LogP contribution >= 0.6 is 11.6 Å². The van der Waals surface area contributed by atoms with Crippen LogP contribution in [0.1, 0.15) is 18.9 Å². The molecule has 8 heteroatoms. The van der Waals surface area contributed by atoms with Crippen LogP contribution in [0.3, 0.4) is 0 Å². The van der Waals surface area contributed by atoms with Gasteiger partial charge < -0.3 is 10.6 Å². The second-order valence-corrected chi connectivity index (χ2v) is 7.54. The van der Waals surface area contributed by atoms with Crippen LogP contribution in [0, 0.1) is 0 Å². The van der Waals surface area contributed by atoms with Crippen LogP contribution in [-0.4, -0.2) is 43.5 Å². The van der Waals surface area contributed by atoms with Crippen LogP contribution in [0.5, 0.6) is 0 Å². The van der Waals surface area contributed by atoms with Gasteiger partial charge in [0.1, 0.15) is 5.15 Å². The van der Waals surface area contributed by atoms with E-state index in [-0.39, 0.29) is 17.5 Å². The van der Waals surface area contributed by atoms with Gasteiger partial charge in [-0.1, -0.05) is 17.7 Å². The third kappa shape index (κ3) is 5.17. The second kappa shape index (κ2) is 7.09. The Bertz CT molecular complexity index is 601. The zero-order valence-corrected chi connectivity index (χ0v) is 13.4. The molecule has 1 unspecified atom stereocenters. The Labute approximate surface area is 129 Å². The minimum atomic E-state index is -2.90. The van der Waals surface area contributed by atoms with Crippen molar-refractivity contribution in [3.63, 3.8) is 0 Å². The van der Waals surface area contributed by atoms with E-state index >= 15 is 0 Å². The van der Waals surface area contributed by atoms with Crippen molar-refractivity contribution in [2.45, 2.75) is 25.9 Å². The second-order valence-electron chi connectivity index (χ2n) is 4.93. The summed E-state index contributed by atoms with van der Waals surface area (Å²) >= 11 is 5.74. The van der Waals surface area contributed by atoms with E-state index in [0.29, 0.717) is 30.6 Å². The standard InChI is InChI=1S/C13H19ClN4O2S/c1-2-15-13(18-11-5-6-21(19,20)9-11)17-8-10-3-4-12(14)16-7-10/h3-4,7,11H,2,5-6,8-9H2,1H3,(H2,15,17,18). The molecule has 0 aromatic carbocycles. The van der Waals surface area contributed by atoms with Crippen LogP contribution in [0.15, 0.2) is 23.3 Å². The molecule has 1 aliphatic rings. The first-order valence-corrected chi connectivity index (χ1v) is 9.04. The van der Waals surface area contributed by atoms with E-state index in [2.05, 4.69) is 20.6 Å². The summed E-state index contributed by atoms with van der Waals surface area (Å²) in [6.07, 6.45) is 2.30. The highest BCUT2D eigenvalue weighted by atomic mass is 35.5. The maximum absolute atomic E-state index is 11.5. The molecule has 1 atom stereocenters. The van der Waals surface area contributed by atoms with E-state index in [4.69, 9.17) is 11.6 Å². The Morgan fingerprint density at radius 3 is 2.90 bits per heavy atom. The summed E-state index contributed by atoms with van der Waals surface area (Å²) in [4.78, 5) is 8.44. The minimum Gasteiger partial charge on any atom is -0.357 e. The van der Waals surface area contributed by atoms with Crippen LogP contribution < -0.4 is 10.6 Å². The number of nitrogens with zero attached hydrogens (tertiary/aromatic N) is 2. The zero-order chi connectivity index (χ0) is 15.3. The van der Waals surface area contributed by atoms with Crippen molar-refractivity contribution < 1.29 is 8.42 Å². The van der Waals surface area contributed by atoms with Gasteiger partial charge in [0.2, 0.25) is 0 Å². The average Bonchev–Trinajstić information content (AvgIpc) is 2.77. The first kappa shape index (κ1) is 16.0. The number of hydrogen-bond acceptors (Lipinski definition) is 4. The summed E-state index contributed by atoms with van der Waals surface area (Å²) in [5, 5.41) is 6.73. The Hall–Kier alpha value is -1.34. The van der Waals surface area contributed by atoms with Gasteiger partial charge in [-0.25, -0.2) is 18.4 Å². The molecule has 1 aromatic rings. The Morgan fingerprint density at radius 1 is 1.52 bits per heavy atom. The highest BCUT2D eigenvalue weighted by Gasteiger charge is 2.28. The third-order valence-electron chi connectivity index (χ3n) is 3.13. The van der Waals surface area contributed by atoms with Crippen LogP contribution in [0.4, 0.5) is 0 Å². The van der Waals surface area contributed by atoms with Crippen molar-refractivity contribution >= 4 is 27.4 Å². The molecule has 0 aliphatic carbocycles. The number of pyridine rings is 1. The van der Waals surface area contributed by atoms with E-state index in [1.54, 1.807) is 12.3 Å². The number of halogens is 1. The number of guanidine groups is 1. The van der Waals surface area contributed by atoms with Gasteiger partial charge >= 0.3 is 0 Å². The van der Waals surface area contributed by atoms with E-state index in [0.717, 1.165) is 5.56 Å². The summed E-state index contributed by atoms with van der Waals surface area (Å²) in [7, 11) is -2.90. The molecule has 0 bridgehead atoms. The Morgan fingerprint density at radius 2 is 2.33 bits per heavy atom. The van der Waals surface area contributed by atoms with E-state index in [9.17, 15) is 8.42 Å². The fraction of sp³-hybridized carbons (Fsp3) is 0.538. The smallest absolute Gasteiger partial charge is 0.191 e. The van der Waals surface area contributed by atoms with Gasteiger partial charge in [-0.15, -0.1) is 0 Å². The number of rotatable bonds is 4. The molecule has 116 valence electrons. The topological polar surface area (TPSA) is 83.4 Å². The summed E-state index contributed by atoms with van der Waals surface area (Å²) in [5.41, 5.74) is 0.940. The predicted molar refractivity (Wildman–Crippen MR) is 84.3 cm³/mol. The Kier molecular flexibility index (Phi) is 5.41. The molecular formula is C13H19ClN4O2S. The maximum atomic E-state index is 11.5. The van der Waals surface area contributed by atoms with Gasteiger partial charge in [0.15, 0.2) is 15.8 Å². The summed E-state index contributed by atoms with van der Waals surface area (Å²) in [6.45, 7) is 3.13. The normalized spacial score (nSPS) is 21.2. The van der Waals surface area contributed by atoms with Crippen LogP contribution in [-0.2, 0) is 16.4 Å². The van der Waals surface area contributed by atoms with Gasteiger partial charge in [0, 0.05) is 18.8 Å². The number of aliphatic imine (C=N–C) groups is 1. The van der Waals surface area contributed by atoms with Crippen molar-refractivity contribution in [1.29, 1.82) is 0 Å². The van der Waals surface area contributed by atoms with Crippen LogP contribution in [0.25, 0.3) is 0 Å². The molecule has 1 aliphatic heterocycles. The predicted octanol–water partition coefficient (Wildman–Crippen LogP) is 0.977. The van der Waals surface area contributed by atoms with Crippen molar-refractivity contribution in [3.05, 3.63) is 29.0 Å². The first-order valence-electron chi connectivity index (χ1n) is 6.84. The number of hydrogen-bond donors (Lipinski definition) is 2. The third-order valence-corrected chi connectivity index (χ3v) is 5.12. The van der Waals surface area contributed by atoms with Crippen LogP contribution in [0.2, 0.25) is 5.15 Å². The zero-order valence-electron chi connectivity index (χ0n) is 11.8. The summed E-state index contributed by atoms with van der Waals surface area (Å²) < 4.78 is 22.9. The lowest BCUT2D eigenvalue weighted by Gasteiger charge is -2.15. The van der Waals surface area contributed by atoms with Crippen molar-refractivity contribution in [1.82, 2.24) is 15.6 Å². The molecule has 0 spiro atoms. The highest BCUT2D eigenvalue weighted by molar-refractivity contribution is 7.91. The molecule has 0 amide bonds.